The van der Waals surface area contributed by atoms with Crippen molar-refractivity contribution in [2.45, 2.75) is 32.0 Å². The molecule has 0 amide bonds. The number of halogens is 1. The minimum atomic E-state index is 0.343. The lowest BCUT2D eigenvalue weighted by Crippen LogP contribution is -2.37. The lowest BCUT2D eigenvalue weighted by molar-refractivity contribution is 0.122. The van der Waals surface area contributed by atoms with E-state index in [1.165, 1.54) is 23.5 Å². The molecule has 1 aromatic carbocycles. The molecule has 3 heterocycles. The number of fused-ring (bicyclic) bond motifs is 1. The summed E-state index contributed by atoms with van der Waals surface area (Å²) in [6.45, 7) is 5.47. The second-order valence-corrected chi connectivity index (χ2v) is 7.34. The third-order valence-corrected chi connectivity index (χ3v) is 5.38. The number of rotatable bonds is 4. The second-order valence-electron chi connectivity index (χ2n) is 6.43. The summed E-state index contributed by atoms with van der Waals surface area (Å²) in [7, 11) is 0. The summed E-state index contributed by atoms with van der Waals surface area (Å²) in [6, 6.07) is 6.92. The minimum absolute atomic E-state index is 0.343. The number of morpholine rings is 1. The van der Waals surface area contributed by atoms with Crippen LogP contribution in [-0.2, 0) is 17.8 Å². The first-order chi connectivity index (χ1) is 11.8. The number of aryl methyl sites for hydroxylation is 1. The number of nitrogens with zero attached hydrogens (tertiary/aromatic N) is 3. The Hall–Kier alpha value is -1.37. The van der Waals surface area contributed by atoms with Crippen molar-refractivity contribution in [2.24, 2.45) is 0 Å². The number of anilines is 1. The monoisotopic (exact) mass is 390 g/mol. The molecule has 128 valence electrons. The zero-order valence-electron chi connectivity index (χ0n) is 13.7. The van der Waals surface area contributed by atoms with E-state index in [0.717, 1.165) is 50.3 Å². The number of aromatic nitrogens is 2. The predicted octanol–water partition coefficient (Wildman–Crippen LogP) is 3.11. The van der Waals surface area contributed by atoms with Crippen LogP contribution in [-0.4, -0.2) is 35.9 Å². The molecule has 24 heavy (non-hydrogen) atoms. The van der Waals surface area contributed by atoms with Gasteiger partial charge in [-0.1, -0.05) is 22.0 Å². The van der Waals surface area contributed by atoms with Gasteiger partial charge < -0.3 is 19.5 Å². The van der Waals surface area contributed by atoms with E-state index in [1.807, 2.05) is 6.20 Å². The highest BCUT2D eigenvalue weighted by atomic mass is 79.9. The summed E-state index contributed by atoms with van der Waals surface area (Å²) in [5, 5.41) is 3.72. The third kappa shape index (κ3) is 3.36. The Bertz CT molecular complexity index is 696. The van der Waals surface area contributed by atoms with Crippen molar-refractivity contribution in [1.29, 1.82) is 0 Å². The van der Waals surface area contributed by atoms with Gasteiger partial charge in [0.2, 0.25) is 0 Å². The molecular formula is C18H23BrN4O. The molecule has 0 radical (unpaired) electrons. The summed E-state index contributed by atoms with van der Waals surface area (Å²) >= 11 is 3.62. The molecule has 0 saturated carbocycles. The molecule has 5 nitrogen and oxygen atoms in total. The van der Waals surface area contributed by atoms with E-state index in [1.54, 1.807) is 0 Å². The van der Waals surface area contributed by atoms with Crippen LogP contribution in [0.1, 0.15) is 30.3 Å². The third-order valence-electron chi connectivity index (χ3n) is 4.89. The lowest BCUT2D eigenvalue weighted by Gasteiger charge is -2.31. The summed E-state index contributed by atoms with van der Waals surface area (Å²) in [6.07, 6.45) is 6.36. The van der Waals surface area contributed by atoms with E-state index in [-0.39, 0.29) is 0 Å². The fraction of sp³-hybridized carbons (Fsp3) is 0.500. The van der Waals surface area contributed by atoms with Crippen molar-refractivity contribution in [1.82, 2.24) is 14.9 Å². The van der Waals surface area contributed by atoms with Gasteiger partial charge in [-0.2, -0.15) is 0 Å². The number of imidazole rings is 1. The zero-order valence-corrected chi connectivity index (χ0v) is 15.3. The molecule has 2 aromatic rings. The van der Waals surface area contributed by atoms with Crippen LogP contribution in [0.2, 0.25) is 0 Å². The standard InChI is InChI=1S/C18H23BrN4O/c19-15-4-3-14(17(12-15)22-8-10-24-11-9-22)13-21-16-2-1-6-23-7-5-20-18(16)23/h3-5,7,12,16,21H,1-2,6,8-11,13H2. The average Bonchev–Trinajstić information content (AvgIpc) is 3.11. The highest BCUT2D eigenvalue weighted by Gasteiger charge is 2.22. The first-order valence-electron chi connectivity index (χ1n) is 8.67. The Balaban J connectivity index is 1.51. The van der Waals surface area contributed by atoms with E-state index in [4.69, 9.17) is 4.74 Å². The van der Waals surface area contributed by atoms with Crippen LogP contribution >= 0.6 is 15.9 Å². The van der Waals surface area contributed by atoms with Gasteiger partial charge in [0.1, 0.15) is 5.82 Å². The maximum absolute atomic E-state index is 5.50. The number of hydrogen-bond acceptors (Lipinski definition) is 4. The van der Waals surface area contributed by atoms with Gasteiger partial charge in [0.25, 0.3) is 0 Å². The molecule has 1 fully saturated rings. The van der Waals surface area contributed by atoms with Gasteiger partial charge in [0.05, 0.1) is 19.3 Å². The second kappa shape index (κ2) is 7.25. The fourth-order valence-electron chi connectivity index (χ4n) is 3.63. The van der Waals surface area contributed by atoms with Crippen LogP contribution in [0, 0.1) is 0 Å². The first-order valence-corrected chi connectivity index (χ1v) is 9.46. The molecule has 0 bridgehead atoms. The molecule has 1 N–H and O–H groups in total. The summed E-state index contributed by atoms with van der Waals surface area (Å²) in [5.74, 6) is 1.17. The SMILES string of the molecule is Brc1ccc(CNC2CCCn3ccnc32)c(N2CCOCC2)c1. The van der Waals surface area contributed by atoms with Crippen LogP contribution in [0.25, 0.3) is 0 Å². The smallest absolute Gasteiger partial charge is 0.125 e. The van der Waals surface area contributed by atoms with Crippen molar-refractivity contribution in [3.8, 4) is 0 Å². The molecule has 1 atom stereocenters. The zero-order chi connectivity index (χ0) is 16.4. The first kappa shape index (κ1) is 16.1. The Morgan fingerprint density at radius 2 is 2.12 bits per heavy atom. The normalized spacial score (nSPS) is 20.9. The largest absolute Gasteiger partial charge is 0.378 e. The Kier molecular flexibility index (Phi) is 4.87. The number of hydrogen-bond donors (Lipinski definition) is 1. The maximum atomic E-state index is 5.50. The topological polar surface area (TPSA) is 42.3 Å². The van der Waals surface area contributed by atoms with Crippen molar-refractivity contribution in [3.63, 3.8) is 0 Å². The highest BCUT2D eigenvalue weighted by molar-refractivity contribution is 9.10. The van der Waals surface area contributed by atoms with Gasteiger partial charge in [-0.25, -0.2) is 4.98 Å². The molecule has 0 spiro atoms. The van der Waals surface area contributed by atoms with Crippen LogP contribution in [0.4, 0.5) is 5.69 Å². The van der Waals surface area contributed by atoms with Gasteiger partial charge in [-0.15, -0.1) is 0 Å². The average molecular weight is 391 g/mol. The van der Waals surface area contributed by atoms with Crippen molar-refractivity contribution in [3.05, 3.63) is 46.5 Å². The summed E-state index contributed by atoms with van der Waals surface area (Å²) in [5.41, 5.74) is 2.64. The molecule has 1 aromatic heterocycles. The van der Waals surface area contributed by atoms with Crippen molar-refractivity contribution < 1.29 is 4.74 Å². The molecule has 2 aliphatic heterocycles. The van der Waals surface area contributed by atoms with Gasteiger partial charge in [0.15, 0.2) is 0 Å². The Morgan fingerprint density at radius 1 is 1.25 bits per heavy atom. The molecule has 4 rings (SSSR count). The molecule has 0 aliphatic carbocycles. The van der Waals surface area contributed by atoms with E-state index >= 15 is 0 Å². The maximum Gasteiger partial charge on any atom is 0.125 e. The molecule has 1 unspecified atom stereocenters. The molecule has 2 aliphatic rings. The van der Waals surface area contributed by atoms with Crippen LogP contribution in [0.5, 0.6) is 0 Å². The predicted molar refractivity (Wildman–Crippen MR) is 98.2 cm³/mol. The van der Waals surface area contributed by atoms with Crippen LogP contribution < -0.4 is 10.2 Å². The van der Waals surface area contributed by atoms with E-state index < -0.39 is 0 Å². The Morgan fingerprint density at radius 3 is 3.00 bits per heavy atom. The molecule has 1 saturated heterocycles. The van der Waals surface area contributed by atoms with Crippen molar-refractivity contribution in [2.75, 3.05) is 31.2 Å². The fourth-order valence-corrected chi connectivity index (χ4v) is 3.98. The molecular weight excluding hydrogens is 368 g/mol. The minimum Gasteiger partial charge on any atom is -0.378 e. The number of nitrogens with one attached hydrogen (secondary N) is 1. The molecule has 6 heteroatoms. The summed E-state index contributed by atoms with van der Waals surface area (Å²) < 4.78 is 8.89. The van der Waals surface area contributed by atoms with Crippen LogP contribution in [0.15, 0.2) is 35.1 Å². The van der Waals surface area contributed by atoms with Gasteiger partial charge >= 0.3 is 0 Å². The van der Waals surface area contributed by atoms with Gasteiger partial charge in [-0.3, -0.25) is 0 Å². The lowest BCUT2D eigenvalue weighted by atomic mass is 10.1. The van der Waals surface area contributed by atoms with Gasteiger partial charge in [-0.05, 0) is 30.5 Å². The number of benzene rings is 1. The number of ether oxygens (including phenoxy) is 1. The summed E-state index contributed by atoms with van der Waals surface area (Å²) in [4.78, 5) is 6.97. The Labute approximate surface area is 151 Å². The van der Waals surface area contributed by atoms with E-state index in [0.29, 0.717) is 6.04 Å². The van der Waals surface area contributed by atoms with Gasteiger partial charge in [0, 0.05) is 48.7 Å². The van der Waals surface area contributed by atoms with Crippen LogP contribution in [0.3, 0.4) is 0 Å². The van der Waals surface area contributed by atoms with E-state index in [9.17, 15) is 0 Å². The highest BCUT2D eigenvalue weighted by Crippen LogP contribution is 2.28. The van der Waals surface area contributed by atoms with E-state index in [2.05, 4.69) is 60.1 Å². The van der Waals surface area contributed by atoms with Crippen molar-refractivity contribution >= 4 is 21.6 Å². The quantitative estimate of drug-likeness (QED) is 0.870.